The minimum absolute atomic E-state index is 0.0974. The van der Waals surface area contributed by atoms with E-state index in [1.165, 1.54) is 0 Å². The molecule has 4 nitrogen and oxygen atoms in total. The number of hydrogen-bond acceptors (Lipinski definition) is 4. The van der Waals surface area contributed by atoms with Gasteiger partial charge in [0.2, 0.25) is 0 Å². The first-order valence-electron chi connectivity index (χ1n) is 6.80. The minimum atomic E-state index is 0.0974. The summed E-state index contributed by atoms with van der Waals surface area (Å²) in [4.78, 5) is 0. The molecular weight excluding hydrogens is 244 g/mol. The van der Waals surface area contributed by atoms with E-state index in [2.05, 4.69) is 0 Å². The maximum absolute atomic E-state index is 8.82. The molecule has 0 amide bonds. The molecule has 1 fully saturated rings. The van der Waals surface area contributed by atoms with Gasteiger partial charge in [-0.25, -0.2) is 0 Å². The van der Waals surface area contributed by atoms with Gasteiger partial charge < -0.3 is 19.3 Å². The molecule has 0 saturated carbocycles. The van der Waals surface area contributed by atoms with Gasteiger partial charge in [-0.1, -0.05) is 12.1 Å². The summed E-state index contributed by atoms with van der Waals surface area (Å²) in [5.41, 5.74) is 1.16. The van der Waals surface area contributed by atoms with E-state index in [1.54, 1.807) is 7.11 Å². The fraction of sp³-hybridized carbons (Fsp3) is 0.600. The number of epoxide rings is 1. The lowest BCUT2D eigenvalue weighted by molar-refractivity contribution is 0.116. The molecule has 2 rings (SSSR count). The summed E-state index contributed by atoms with van der Waals surface area (Å²) in [6.45, 7) is 1.56. The highest BCUT2D eigenvalue weighted by molar-refractivity contribution is 5.26. The van der Waals surface area contributed by atoms with Crippen LogP contribution in [-0.2, 0) is 16.1 Å². The van der Waals surface area contributed by atoms with Crippen LogP contribution in [0.1, 0.15) is 24.8 Å². The number of aliphatic hydroxyl groups is 1. The molecule has 0 aliphatic carbocycles. The highest BCUT2D eigenvalue weighted by atomic mass is 16.6. The van der Waals surface area contributed by atoms with Crippen LogP contribution in [0.25, 0.3) is 0 Å². The van der Waals surface area contributed by atoms with E-state index in [9.17, 15) is 0 Å². The number of methoxy groups -OCH3 is 1. The molecule has 0 radical (unpaired) electrons. The van der Waals surface area contributed by atoms with E-state index >= 15 is 0 Å². The molecule has 1 aromatic rings. The van der Waals surface area contributed by atoms with Gasteiger partial charge in [-0.2, -0.15) is 0 Å². The smallest absolute Gasteiger partial charge is 0.118 e. The lowest BCUT2D eigenvalue weighted by Crippen LogP contribution is -2.00. The Morgan fingerprint density at radius 1 is 1.16 bits per heavy atom. The van der Waals surface area contributed by atoms with Crippen molar-refractivity contribution < 1.29 is 19.3 Å². The zero-order valence-corrected chi connectivity index (χ0v) is 11.4. The fourth-order valence-electron chi connectivity index (χ4n) is 2.06. The van der Waals surface area contributed by atoms with Gasteiger partial charge in [0.05, 0.1) is 26.4 Å². The number of unbranched alkanes of at least 4 members (excludes halogenated alkanes) is 1. The first kappa shape index (κ1) is 14.3. The lowest BCUT2D eigenvalue weighted by atomic mass is 10.1. The van der Waals surface area contributed by atoms with Gasteiger partial charge in [-0.15, -0.1) is 0 Å². The highest BCUT2D eigenvalue weighted by Gasteiger charge is 2.36. The monoisotopic (exact) mass is 266 g/mol. The van der Waals surface area contributed by atoms with Gasteiger partial charge in [0, 0.05) is 6.61 Å². The van der Waals surface area contributed by atoms with Crippen molar-refractivity contribution in [2.24, 2.45) is 0 Å². The normalized spacial score (nSPS) is 21.4. The molecular formula is C15H22O4. The van der Waals surface area contributed by atoms with Crippen LogP contribution in [0.3, 0.4) is 0 Å². The predicted molar refractivity (Wildman–Crippen MR) is 72.2 cm³/mol. The molecule has 1 aliphatic heterocycles. The Labute approximate surface area is 114 Å². The van der Waals surface area contributed by atoms with Gasteiger partial charge >= 0.3 is 0 Å². The zero-order valence-electron chi connectivity index (χ0n) is 11.4. The van der Waals surface area contributed by atoms with Gasteiger partial charge in [0.1, 0.15) is 11.9 Å². The van der Waals surface area contributed by atoms with Crippen LogP contribution >= 0.6 is 0 Å². The molecule has 1 aliphatic rings. The van der Waals surface area contributed by atoms with E-state index in [0.29, 0.717) is 6.61 Å². The number of ether oxygens (including phenoxy) is 3. The van der Waals surface area contributed by atoms with E-state index in [-0.39, 0.29) is 18.8 Å². The van der Waals surface area contributed by atoms with Gasteiger partial charge in [0.25, 0.3) is 0 Å². The lowest BCUT2D eigenvalue weighted by Gasteiger charge is -2.05. The Morgan fingerprint density at radius 3 is 2.58 bits per heavy atom. The third-order valence-electron chi connectivity index (χ3n) is 3.32. The molecule has 1 N–H and O–H groups in total. The third-order valence-corrected chi connectivity index (χ3v) is 3.32. The van der Waals surface area contributed by atoms with Crippen molar-refractivity contribution >= 4 is 0 Å². The van der Waals surface area contributed by atoms with Crippen LogP contribution in [0.5, 0.6) is 5.75 Å². The summed E-state index contributed by atoms with van der Waals surface area (Å²) in [7, 11) is 1.66. The Balaban J connectivity index is 1.49. The van der Waals surface area contributed by atoms with Crippen LogP contribution in [0.15, 0.2) is 24.3 Å². The van der Waals surface area contributed by atoms with Crippen molar-refractivity contribution in [2.75, 3.05) is 20.3 Å². The second-order valence-electron chi connectivity index (χ2n) is 4.79. The predicted octanol–water partition coefficient (Wildman–Crippen LogP) is 2.14. The van der Waals surface area contributed by atoms with E-state index in [1.807, 2.05) is 24.3 Å². The molecule has 19 heavy (non-hydrogen) atoms. The Bertz CT molecular complexity index is 363. The van der Waals surface area contributed by atoms with Crippen molar-refractivity contribution in [3.05, 3.63) is 29.8 Å². The molecule has 0 aromatic heterocycles. The summed E-state index contributed by atoms with van der Waals surface area (Å²) in [6.07, 6.45) is 3.53. The summed E-state index contributed by atoms with van der Waals surface area (Å²) in [5.74, 6) is 0.867. The zero-order chi connectivity index (χ0) is 13.5. The van der Waals surface area contributed by atoms with Crippen molar-refractivity contribution in [1.82, 2.24) is 0 Å². The molecule has 1 saturated heterocycles. The first-order chi connectivity index (χ1) is 9.33. The maximum atomic E-state index is 8.82. The van der Waals surface area contributed by atoms with Crippen LogP contribution in [0.4, 0.5) is 0 Å². The summed E-state index contributed by atoms with van der Waals surface area (Å²) < 4.78 is 16.0. The third kappa shape index (κ3) is 4.82. The summed E-state index contributed by atoms with van der Waals surface area (Å²) in [5, 5.41) is 8.82. The van der Waals surface area contributed by atoms with Gasteiger partial charge in [0.15, 0.2) is 0 Å². The molecule has 1 heterocycles. The van der Waals surface area contributed by atoms with Gasteiger partial charge in [-0.05, 0) is 37.0 Å². The van der Waals surface area contributed by atoms with E-state index in [0.717, 1.165) is 37.2 Å². The van der Waals surface area contributed by atoms with E-state index < -0.39 is 0 Å². The fourth-order valence-corrected chi connectivity index (χ4v) is 2.06. The average Bonchev–Trinajstić information content (AvgIpc) is 3.22. The van der Waals surface area contributed by atoms with Crippen LogP contribution in [0.2, 0.25) is 0 Å². The Hall–Kier alpha value is -1.10. The molecule has 4 heteroatoms. The topological polar surface area (TPSA) is 51.2 Å². The second-order valence-corrected chi connectivity index (χ2v) is 4.79. The van der Waals surface area contributed by atoms with Crippen LogP contribution in [-0.4, -0.2) is 37.6 Å². The van der Waals surface area contributed by atoms with Crippen molar-refractivity contribution in [3.8, 4) is 5.75 Å². The van der Waals surface area contributed by atoms with Crippen molar-refractivity contribution in [2.45, 2.75) is 38.1 Å². The summed E-state index contributed by atoms with van der Waals surface area (Å²) >= 11 is 0. The second kappa shape index (κ2) is 7.48. The quantitative estimate of drug-likeness (QED) is 0.549. The highest BCUT2D eigenvalue weighted by Crippen LogP contribution is 2.26. The number of rotatable bonds is 9. The molecule has 2 atom stereocenters. The number of aliphatic hydroxyl groups excluding tert-OH is 1. The molecule has 0 spiro atoms. The SMILES string of the molecule is COc1ccc(COCCCCC2OC2CO)cc1. The van der Waals surface area contributed by atoms with E-state index in [4.69, 9.17) is 19.3 Å². The largest absolute Gasteiger partial charge is 0.497 e. The minimum Gasteiger partial charge on any atom is -0.497 e. The Kier molecular flexibility index (Phi) is 5.63. The molecule has 1 aromatic carbocycles. The van der Waals surface area contributed by atoms with Crippen molar-refractivity contribution in [3.63, 3.8) is 0 Å². The first-order valence-corrected chi connectivity index (χ1v) is 6.80. The molecule has 106 valence electrons. The average molecular weight is 266 g/mol. The maximum Gasteiger partial charge on any atom is 0.118 e. The molecule has 0 bridgehead atoms. The van der Waals surface area contributed by atoms with Crippen molar-refractivity contribution in [1.29, 1.82) is 0 Å². The van der Waals surface area contributed by atoms with Crippen LogP contribution < -0.4 is 4.74 Å². The molecule has 2 unspecified atom stereocenters. The number of benzene rings is 1. The number of hydrogen-bond donors (Lipinski definition) is 1. The van der Waals surface area contributed by atoms with Gasteiger partial charge in [-0.3, -0.25) is 0 Å². The Morgan fingerprint density at radius 2 is 1.95 bits per heavy atom. The summed E-state index contributed by atoms with van der Waals surface area (Å²) in [6, 6.07) is 7.92. The standard InChI is InChI=1S/C15H22O4/c1-17-13-7-5-12(6-8-13)11-18-9-3-2-4-14-15(10-16)19-14/h5-8,14-16H,2-4,9-11H2,1H3. The van der Waals surface area contributed by atoms with Crippen LogP contribution in [0, 0.1) is 0 Å².